The number of aromatic nitrogens is 2. The third kappa shape index (κ3) is 2.67. The minimum absolute atomic E-state index is 0.223. The van der Waals surface area contributed by atoms with E-state index in [1.807, 2.05) is 31.2 Å². The van der Waals surface area contributed by atoms with Crippen LogP contribution < -0.4 is 0 Å². The molecule has 0 unspecified atom stereocenters. The van der Waals surface area contributed by atoms with Crippen LogP contribution in [-0.4, -0.2) is 39.4 Å². The van der Waals surface area contributed by atoms with Crippen molar-refractivity contribution in [3.05, 3.63) is 35.7 Å². The Hall–Kier alpha value is -1.72. The summed E-state index contributed by atoms with van der Waals surface area (Å²) in [5.41, 5.74) is 2.09. The fourth-order valence-electron chi connectivity index (χ4n) is 2.39. The Kier molecular flexibility index (Phi) is 3.31. The molecule has 0 amide bonds. The van der Waals surface area contributed by atoms with Crippen molar-refractivity contribution in [2.75, 3.05) is 13.1 Å². The minimum atomic E-state index is -0.223. The number of aliphatic hydroxyl groups excluding tert-OH is 1. The second kappa shape index (κ2) is 5.11. The van der Waals surface area contributed by atoms with E-state index in [0.717, 1.165) is 24.1 Å². The maximum Gasteiger partial charge on any atom is 0.248 e. The number of aliphatic hydroxyl groups is 1. The minimum Gasteiger partial charge on any atom is -0.419 e. The summed E-state index contributed by atoms with van der Waals surface area (Å²) in [6.07, 6.45) is 0.595. The van der Waals surface area contributed by atoms with E-state index in [9.17, 15) is 5.11 Å². The highest BCUT2D eigenvalue weighted by Crippen LogP contribution is 2.22. The number of nitrogens with zero attached hydrogens (tertiary/aromatic N) is 3. The third-order valence-electron chi connectivity index (χ3n) is 3.45. The molecular weight excluding hydrogens is 242 g/mol. The zero-order valence-corrected chi connectivity index (χ0v) is 10.9. The topological polar surface area (TPSA) is 62.4 Å². The van der Waals surface area contributed by atoms with Crippen molar-refractivity contribution in [1.82, 2.24) is 15.1 Å². The zero-order valence-electron chi connectivity index (χ0n) is 10.9. The van der Waals surface area contributed by atoms with Crippen molar-refractivity contribution in [3.63, 3.8) is 0 Å². The van der Waals surface area contributed by atoms with E-state index >= 15 is 0 Å². The first-order valence-electron chi connectivity index (χ1n) is 6.51. The van der Waals surface area contributed by atoms with Gasteiger partial charge in [0.25, 0.3) is 0 Å². The molecule has 1 N–H and O–H groups in total. The summed E-state index contributed by atoms with van der Waals surface area (Å²) in [4.78, 5) is 2.12. The van der Waals surface area contributed by atoms with Crippen LogP contribution >= 0.6 is 0 Å². The number of hydrogen-bond acceptors (Lipinski definition) is 5. The van der Waals surface area contributed by atoms with Gasteiger partial charge in [0.1, 0.15) is 0 Å². The van der Waals surface area contributed by atoms with E-state index < -0.39 is 0 Å². The van der Waals surface area contributed by atoms with Crippen LogP contribution in [0.1, 0.15) is 17.9 Å². The van der Waals surface area contributed by atoms with Gasteiger partial charge in [-0.05, 0) is 25.0 Å². The third-order valence-corrected chi connectivity index (χ3v) is 3.45. The molecule has 1 aliphatic heterocycles. The highest BCUT2D eigenvalue weighted by atomic mass is 16.4. The maximum absolute atomic E-state index is 9.49. The van der Waals surface area contributed by atoms with Crippen molar-refractivity contribution >= 4 is 0 Å². The summed E-state index contributed by atoms with van der Waals surface area (Å²) in [7, 11) is 0. The predicted molar refractivity (Wildman–Crippen MR) is 70.4 cm³/mol. The quantitative estimate of drug-likeness (QED) is 0.907. The Labute approximate surface area is 111 Å². The Morgan fingerprint density at radius 1 is 1.37 bits per heavy atom. The van der Waals surface area contributed by atoms with Gasteiger partial charge in [-0.15, -0.1) is 10.2 Å². The van der Waals surface area contributed by atoms with Crippen LogP contribution in [-0.2, 0) is 6.54 Å². The molecule has 2 aromatic rings. The number of benzene rings is 1. The molecule has 1 atom stereocenters. The molecule has 1 aliphatic rings. The number of rotatable bonds is 3. The largest absolute Gasteiger partial charge is 0.419 e. The van der Waals surface area contributed by atoms with E-state index in [2.05, 4.69) is 15.1 Å². The van der Waals surface area contributed by atoms with Gasteiger partial charge in [-0.25, -0.2) is 0 Å². The van der Waals surface area contributed by atoms with Gasteiger partial charge in [0.15, 0.2) is 0 Å². The molecule has 0 spiro atoms. The van der Waals surface area contributed by atoms with Gasteiger partial charge >= 0.3 is 0 Å². The van der Waals surface area contributed by atoms with Crippen molar-refractivity contribution < 1.29 is 9.52 Å². The fourth-order valence-corrected chi connectivity index (χ4v) is 2.39. The van der Waals surface area contributed by atoms with Crippen LogP contribution in [0.4, 0.5) is 0 Å². The standard InChI is InChI=1S/C14H17N3O2/c1-10-4-2-3-5-12(10)14-16-15-13(19-14)9-17-7-6-11(18)8-17/h2-5,11,18H,6-9H2,1H3/t11-/m0/s1. The molecule has 1 fully saturated rings. The van der Waals surface area contributed by atoms with E-state index in [-0.39, 0.29) is 6.10 Å². The molecule has 0 radical (unpaired) electrons. The van der Waals surface area contributed by atoms with Crippen molar-refractivity contribution in [3.8, 4) is 11.5 Å². The molecule has 0 saturated carbocycles. The Balaban J connectivity index is 1.75. The Bertz CT molecular complexity index is 567. The smallest absolute Gasteiger partial charge is 0.248 e. The summed E-state index contributed by atoms with van der Waals surface area (Å²) in [5.74, 6) is 1.17. The number of β-amino-alcohol motifs (C(OH)–C–C–N with tert-alkyl or cyclic N) is 1. The van der Waals surface area contributed by atoms with Crippen LogP contribution in [0.15, 0.2) is 28.7 Å². The molecule has 5 heteroatoms. The second-order valence-corrected chi connectivity index (χ2v) is 4.99. The van der Waals surface area contributed by atoms with Crippen LogP contribution in [0.3, 0.4) is 0 Å². The monoisotopic (exact) mass is 259 g/mol. The lowest BCUT2D eigenvalue weighted by atomic mass is 10.1. The predicted octanol–water partition coefficient (Wildman–Crippen LogP) is 1.61. The van der Waals surface area contributed by atoms with Crippen molar-refractivity contribution in [1.29, 1.82) is 0 Å². The molecule has 3 rings (SSSR count). The molecule has 2 heterocycles. The van der Waals surface area contributed by atoms with Gasteiger partial charge in [-0.2, -0.15) is 0 Å². The summed E-state index contributed by atoms with van der Waals surface area (Å²) < 4.78 is 5.70. The van der Waals surface area contributed by atoms with Crippen molar-refractivity contribution in [2.24, 2.45) is 0 Å². The van der Waals surface area contributed by atoms with E-state index in [1.54, 1.807) is 0 Å². The molecule has 5 nitrogen and oxygen atoms in total. The normalized spacial score (nSPS) is 20.0. The summed E-state index contributed by atoms with van der Waals surface area (Å²) in [6, 6.07) is 7.95. The van der Waals surface area contributed by atoms with E-state index in [1.165, 1.54) is 0 Å². The molecule has 1 aromatic carbocycles. The number of aryl methyl sites for hydroxylation is 1. The highest BCUT2D eigenvalue weighted by molar-refractivity contribution is 5.57. The number of hydrogen-bond donors (Lipinski definition) is 1. The second-order valence-electron chi connectivity index (χ2n) is 4.99. The van der Waals surface area contributed by atoms with Crippen LogP contribution in [0.5, 0.6) is 0 Å². The first-order chi connectivity index (χ1) is 9.22. The SMILES string of the molecule is Cc1ccccc1-c1nnc(CN2CC[C@H](O)C2)o1. The average molecular weight is 259 g/mol. The van der Waals surface area contributed by atoms with E-state index in [0.29, 0.717) is 24.9 Å². The van der Waals surface area contributed by atoms with Crippen LogP contribution in [0, 0.1) is 6.92 Å². The average Bonchev–Trinajstić information content (AvgIpc) is 3.00. The maximum atomic E-state index is 9.49. The van der Waals surface area contributed by atoms with Crippen molar-refractivity contribution in [2.45, 2.75) is 26.0 Å². The Morgan fingerprint density at radius 3 is 2.95 bits per heavy atom. The molecule has 1 saturated heterocycles. The van der Waals surface area contributed by atoms with Gasteiger partial charge in [0.2, 0.25) is 11.8 Å². The first kappa shape index (κ1) is 12.3. The summed E-state index contributed by atoms with van der Waals surface area (Å²) in [5, 5.41) is 17.7. The Morgan fingerprint density at radius 2 is 2.21 bits per heavy atom. The fraction of sp³-hybridized carbons (Fsp3) is 0.429. The van der Waals surface area contributed by atoms with Crippen LogP contribution in [0.25, 0.3) is 11.5 Å². The van der Waals surface area contributed by atoms with Crippen LogP contribution in [0.2, 0.25) is 0 Å². The molecule has 0 bridgehead atoms. The molecular formula is C14H17N3O2. The molecule has 100 valence electrons. The van der Waals surface area contributed by atoms with Gasteiger partial charge in [-0.3, -0.25) is 4.90 Å². The number of likely N-dealkylation sites (tertiary alicyclic amines) is 1. The summed E-state index contributed by atoms with van der Waals surface area (Å²) in [6.45, 7) is 4.19. The lowest BCUT2D eigenvalue weighted by Gasteiger charge is -2.10. The van der Waals surface area contributed by atoms with Gasteiger partial charge in [-0.1, -0.05) is 18.2 Å². The molecule has 1 aromatic heterocycles. The highest BCUT2D eigenvalue weighted by Gasteiger charge is 2.22. The van der Waals surface area contributed by atoms with Gasteiger partial charge in [0, 0.05) is 18.7 Å². The van der Waals surface area contributed by atoms with Gasteiger partial charge in [0.05, 0.1) is 12.6 Å². The zero-order chi connectivity index (χ0) is 13.2. The summed E-state index contributed by atoms with van der Waals surface area (Å²) >= 11 is 0. The lowest BCUT2D eigenvalue weighted by molar-refractivity contribution is 0.171. The van der Waals surface area contributed by atoms with Gasteiger partial charge < -0.3 is 9.52 Å². The molecule has 0 aliphatic carbocycles. The first-order valence-corrected chi connectivity index (χ1v) is 6.51. The molecule has 19 heavy (non-hydrogen) atoms. The lowest BCUT2D eigenvalue weighted by Crippen LogP contribution is -2.21. The van der Waals surface area contributed by atoms with E-state index in [4.69, 9.17) is 4.42 Å².